The molecule has 0 saturated carbocycles. The molecule has 8 heteroatoms. The van der Waals surface area contributed by atoms with E-state index in [4.69, 9.17) is 21.1 Å². The molecule has 0 bridgehead atoms. The highest BCUT2D eigenvalue weighted by atomic mass is 35.5. The maximum absolute atomic E-state index is 13.4. The van der Waals surface area contributed by atoms with Crippen molar-refractivity contribution in [2.45, 2.75) is 38.1 Å². The molecule has 0 aliphatic rings. The Hall–Kier alpha value is -2.22. The Balaban J connectivity index is 2.26. The summed E-state index contributed by atoms with van der Waals surface area (Å²) in [5.74, 6) is 0.722. The molecule has 2 aromatic carbocycles. The molecule has 2 rings (SSSR count). The molecule has 2 aromatic rings. The van der Waals surface area contributed by atoms with E-state index in [9.17, 15) is 18.3 Å². The summed E-state index contributed by atoms with van der Waals surface area (Å²) < 4.78 is 51.0. The van der Waals surface area contributed by atoms with E-state index in [0.29, 0.717) is 23.7 Å². The lowest BCUT2D eigenvalue weighted by Gasteiger charge is -2.21. The van der Waals surface area contributed by atoms with Crippen LogP contribution in [0.2, 0.25) is 5.02 Å². The quantitative estimate of drug-likeness (QED) is 0.417. The van der Waals surface area contributed by atoms with Crippen molar-refractivity contribution in [3.63, 3.8) is 0 Å². The number of rotatable bonds is 10. The third kappa shape index (κ3) is 6.89. The van der Waals surface area contributed by atoms with Crippen LogP contribution in [0.5, 0.6) is 0 Å². The minimum Gasteiger partial charge on any atom is -0.501 e. The van der Waals surface area contributed by atoms with Gasteiger partial charge in [-0.2, -0.15) is 13.2 Å². The largest absolute Gasteiger partial charge is 0.501 e. The average molecular weight is 458 g/mol. The van der Waals surface area contributed by atoms with E-state index in [0.717, 1.165) is 18.2 Å². The third-order valence-electron chi connectivity index (χ3n) is 4.89. The second-order valence-electron chi connectivity index (χ2n) is 6.92. The van der Waals surface area contributed by atoms with Crippen LogP contribution in [0.15, 0.2) is 54.3 Å². The second kappa shape index (κ2) is 11.4. The van der Waals surface area contributed by atoms with Gasteiger partial charge in [0.25, 0.3) is 0 Å². The predicted octanol–water partition coefficient (Wildman–Crippen LogP) is 6.20. The molecule has 0 fully saturated rings. The fraction of sp³-hybridized carbons (Fsp3) is 0.391. The first-order valence-corrected chi connectivity index (χ1v) is 10.2. The minimum atomic E-state index is -4.58. The molecule has 0 aromatic heterocycles. The maximum atomic E-state index is 13.4. The van der Waals surface area contributed by atoms with Gasteiger partial charge in [-0.3, -0.25) is 0 Å². The zero-order valence-electron chi connectivity index (χ0n) is 17.7. The van der Waals surface area contributed by atoms with E-state index >= 15 is 0 Å². The lowest BCUT2D eigenvalue weighted by atomic mass is 9.95. The van der Waals surface area contributed by atoms with E-state index in [2.05, 4.69) is 5.32 Å². The number of halogens is 4. The summed E-state index contributed by atoms with van der Waals surface area (Å²) in [6.07, 6.45) is -2.95. The van der Waals surface area contributed by atoms with Gasteiger partial charge < -0.3 is 19.9 Å². The van der Waals surface area contributed by atoms with Crippen molar-refractivity contribution in [2.75, 3.05) is 26.1 Å². The van der Waals surface area contributed by atoms with Gasteiger partial charge in [0, 0.05) is 36.3 Å². The summed E-state index contributed by atoms with van der Waals surface area (Å²) in [5, 5.41) is 14.3. The van der Waals surface area contributed by atoms with Crippen LogP contribution in [0.4, 0.5) is 18.9 Å². The van der Waals surface area contributed by atoms with Gasteiger partial charge in [-0.15, -0.1) is 0 Å². The molecular weight excluding hydrogens is 431 g/mol. The number of alkyl halides is 3. The van der Waals surface area contributed by atoms with E-state index in [1.807, 2.05) is 13.0 Å². The molecule has 0 aliphatic heterocycles. The van der Waals surface area contributed by atoms with Crippen LogP contribution < -0.4 is 5.32 Å². The highest BCUT2D eigenvalue weighted by Gasteiger charge is 2.35. The SMILES string of the molecule is CCC(/C=C(\CCNc1ccc(Cl)cc1C(O)c1ccccc1C(F)(F)F)OC)OC. The van der Waals surface area contributed by atoms with Crippen LogP contribution in [-0.2, 0) is 15.7 Å². The first-order chi connectivity index (χ1) is 14.7. The number of anilines is 1. The van der Waals surface area contributed by atoms with Crippen LogP contribution in [0.3, 0.4) is 0 Å². The Morgan fingerprint density at radius 1 is 1.16 bits per heavy atom. The first-order valence-electron chi connectivity index (χ1n) is 9.86. The van der Waals surface area contributed by atoms with Crippen LogP contribution in [-0.4, -0.2) is 32.0 Å². The first kappa shape index (κ1) is 25.0. The van der Waals surface area contributed by atoms with Crippen molar-refractivity contribution in [1.29, 1.82) is 0 Å². The number of nitrogens with one attached hydrogen (secondary N) is 1. The Labute approximate surface area is 185 Å². The fourth-order valence-corrected chi connectivity index (χ4v) is 3.40. The topological polar surface area (TPSA) is 50.7 Å². The predicted molar refractivity (Wildman–Crippen MR) is 116 cm³/mol. The minimum absolute atomic E-state index is 0.0678. The molecule has 0 saturated heterocycles. The fourth-order valence-electron chi connectivity index (χ4n) is 3.22. The summed E-state index contributed by atoms with van der Waals surface area (Å²) in [4.78, 5) is 0. The van der Waals surface area contributed by atoms with Crippen molar-refractivity contribution in [2.24, 2.45) is 0 Å². The molecule has 0 amide bonds. The highest BCUT2D eigenvalue weighted by Crippen LogP contribution is 2.38. The van der Waals surface area contributed by atoms with Gasteiger partial charge in [0.15, 0.2) is 0 Å². The zero-order valence-corrected chi connectivity index (χ0v) is 18.4. The molecule has 170 valence electrons. The van der Waals surface area contributed by atoms with E-state index in [1.165, 1.54) is 24.3 Å². The van der Waals surface area contributed by atoms with Crippen LogP contribution in [0.1, 0.15) is 42.6 Å². The Morgan fingerprint density at radius 3 is 2.48 bits per heavy atom. The number of hydrogen-bond donors (Lipinski definition) is 2. The molecule has 2 N–H and O–H groups in total. The van der Waals surface area contributed by atoms with Crippen LogP contribution in [0, 0.1) is 0 Å². The monoisotopic (exact) mass is 457 g/mol. The lowest BCUT2D eigenvalue weighted by Crippen LogP contribution is -2.14. The average Bonchev–Trinajstić information content (AvgIpc) is 2.76. The van der Waals surface area contributed by atoms with Crippen molar-refractivity contribution in [3.8, 4) is 0 Å². The van der Waals surface area contributed by atoms with E-state index in [1.54, 1.807) is 26.4 Å². The number of benzene rings is 2. The van der Waals surface area contributed by atoms with Gasteiger partial charge in [0.2, 0.25) is 0 Å². The molecular formula is C23H27ClF3NO3. The van der Waals surface area contributed by atoms with Crippen molar-refractivity contribution in [3.05, 3.63) is 76.0 Å². The molecule has 0 spiro atoms. The molecule has 2 atom stereocenters. The second-order valence-corrected chi connectivity index (χ2v) is 7.35. The third-order valence-corrected chi connectivity index (χ3v) is 5.13. The van der Waals surface area contributed by atoms with Gasteiger partial charge in [0.05, 0.1) is 24.5 Å². The maximum Gasteiger partial charge on any atom is 0.416 e. The number of methoxy groups -OCH3 is 2. The smallest absolute Gasteiger partial charge is 0.416 e. The zero-order chi connectivity index (χ0) is 23.0. The highest BCUT2D eigenvalue weighted by molar-refractivity contribution is 6.30. The summed E-state index contributed by atoms with van der Waals surface area (Å²) in [6.45, 7) is 2.43. The molecule has 2 unspecified atom stereocenters. The van der Waals surface area contributed by atoms with Crippen LogP contribution in [0.25, 0.3) is 0 Å². The number of ether oxygens (including phenoxy) is 2. The van der Waals surface area contributed by atoms with Crippen molar-refractivity contribution >= 4 is 17.3 Å². The number of aliphatic hydroxyl groups is 1. The Morgan fingerprint density at radius 2 is 1.87 bits per heavy atom. The number of aliphatic hydroxyl groups excluding tert-OH is 1. The summed E-state index contributed by atoms with van der Waals surface area (Å²) in [7, 11) is 3.19. The van der Waals surface area contributed by atoms with E-state index in [-0.39, 0.29) is 17.2 Å². The van der Waals surface area contributed by atoms with Gasteiger partial charge >= 0.3 is 6.18 Å². The molecule has 4 nitrogen and oxygen atoms in total. The normalized spacial score (nSPS) is 14.3. The van der Waals surface area contributed by atoms with Gasteiger partial charge in [-0.25, -0.2) is 0 Å². The molecule has 31 heavy (non-hydrogen) atoms. The van der Waals surface area contributed by atoms with E-state index < -0.39 is 17.8 Å². The van der Waals surface area contributed by atoms with Crippen molar-refractivity contribution in [1.82, 2.24) is 0 Å². The number of hydrogen-bond acceptors (Lipinski definition) is 4. The van der Waals surface area contributed by atoms with Crippen molar-refractivity contribution < 1.29 is 27.8 Å². The Kier molecular flexibility index (Phi) is 9.22. The summed E-state index contributed by atoms with van der Waals surface area (Å²) in [5.41, 5.74) is -0.370. The standard InChI is InChI=1S/C23H27ClF3NO3/c1-4-16(30-2)14-17(31-3)11-12-28-21-10-9-15(24)13-19(21)22(29)18-7-5-6-8-20(18)23(25,26)27/h5-10,13-14,16,22,28-29H,4,11-12H2,1-3H3/b17-14+. The summed E-state index contributed by atoms with van der Waals surface area (Å²) in [6, 6.07) is 9.68. The summed E-state index contributed by atoms with van der Waals surface area (Å²) >= 11 is 6.07. The van der Waals surface area contributed by atoms with Gasteiger partial charge in [-0.05, 0) is 42.3 Å². The molecule has 0 radical (unpaired) electrons. The lowest BCUT2D eigenvalue weighted by molar-refractivity contribution is -0.139. The molecule has 0 heterocycles. The Bertz CT molecular complexity index is 883. The van der Waals surface area contributed by atoms with Gasteiger partial charge in [-0.1, -0.05) is 36.7 Å². The van der Waals surface area contributed by atoms with Gasteiger partial charge in [0.1, 0.15) is 6.10 Å². The van der Waals surface area contributed by atoms with Crippen LogP contribution >= 0.6 is 11.6 Å². The molecule has 0 aliphatic carbocycles.